The van der Waals surface area contributed by atoms with Crippen LogP contribution in [0.15, 0.2) is 36.4 Å². The van der Waals surface area contributed by atoms with E-state index in [-0.39, 0.29) is 24.7 Å². The molecule has 136 valence electrons. The second-order valence-corrected chi connectivity index (χ2v) is 6.38. The Morgan fingerprint density at radius 2 is 1.92 bits per heavy atom. The number of benzene rings is 2. The monoisotopic (exact) mass is 357 g/mol. The quantitative estimate of drug-likeness (QED) is 0.883. The Bertz CT molecular complexity index is 869. The minimum Gasteiger partial charge on any atom is -0.494 e. The predicted octanol–water partition coefficient (Wildman–Crippen LogP) is 4.36. The van der Waals surface area contributed by atoms with Crippen molar-refractivity contribution in [3.05, 3.63) is 47.5 Å². The highest BCUT2D eigenvalue weighted by Crippen LogP contribution is 2.49. The third kappa shape index (κ3) is 2.75. The number of carbonyl (C=O) groups is 1. The zero-order valence-electron chi connectivity index (χ0n) is 14.7. The van der Waals surface area contributed by atoms with E-state index in [4.69, 9.17) is 14.2 Å². The van der Waals surface area contributed by atoms with E-state index in [0.29, 0.717) is 23.8 Å². The van der Waals surface area contributed by atoms with Gasteiger partial charge in [-0.3, -0.25) is 4.79 Å². The molecule has 0 saturated carbocycles. The third-order valence-electron chi connectivity index (χ3n) is 4.70. The van der Waals surface area contributed by atoms with Crippen molar-refractivity contribution in [3.63, 3.8) is 0 Å². The lowest BCUT2D eigenvalue weighted by Gasteiger charge is -2.27. The smallest absolute Gasteiger partial charge is 0.407 e. The van der Waals surface area contributed by atoms with Crippen molar-refractivity contribution in [1.29, 1.82) is 0 Å². The standard InChI is InChI=1S/C20H20FNO4/c1-3-20(21)25-17-9-14-13(12-7-5-6-8-16(12)24-4-2)10-19(23)22-15(14)11-18(17)26-20/h5-9,11,13H,3-4,10H2,1-2H3,(H,22,23). The molecular formula is C20H20FNO4. The van der Waals surface area contributed by atoms with Gasteiger partial charge >= 0.3 is 6.04 Å². The molecule has 0 spiro atoms. The van der Waals surface area contributed by atoms with Gasteiger partial charge < -0.3 is 19.5 Å². The molecule has 2 unspecified atom stereocenters. The van der Waals surface area contributed by atoms with Gasteiger partial charge in [0.15, 0.2) is 11.5 Å². The van der Waals surface area contributed by atoms with Crippen LogP contribution in [0.4, 0.5) is 10.1 Å². The first-order chi connectivity index (χ1) is 12.5. The van der Waals surface area contributed by atoms with Crippen molar-refractivity contribution < 1.29 is 23.4 Å². The normalized spacial score (nSPS) is 23.3. The maximum atomic E-state index is 14.4. The van der Waals surface area contributed by atoms with E-state index in [2.05, 4.69) is 5.32 Å². The van der Waals surface area contributed by atoms with Gasteiger partial charge in [0.2, 0.25) is 5.91 Å². The van der Waals surface area contributed by atoms with Crippen LogP contribution in [0.3, 0.4) is 0 Å². The van der Waals surface area contributed by atoms with Crippen LogP contribution < -0.4 is 19.5 Å². The summed E-state index contributed by atoms with van der Waals surface area (Å²) in [5.41, 5.74) is 2.39. The summed E-state index contributed by atoms with van der Waals surface area (Å²) in [5, 5.41) is 2.85. The summed E-state index contributed by atoms with van der Waals surface area (Å²) in [5.74, 6) is 1.09. The van der Waals surface area contributed by atoms with E-state index in [0.717, 1.165) is 16.9 Å². The SMILES string of the molecule is CCOc1ccccc1C1CC(=O)Nc2cc3c(cc21)OC(F)(CC)O3. The highest BCUT2D eigenvalue weighted by atomic mass is 19.2. The van der Waals surface area contributed by atoms with Crippen molar-refractivity contribution in [2.24, 2.45) is 0 Å². The second-order valence-electron chi connectivity index (χ2n) is 6.38. The van der Waals surface area contributed by atoms with Crippen LogP contribution in [0.2, 0.25) is 0 Å². The molecule has 1 amide bonds. The molecule has 2 aromatic rings. The van der Waals surface area contributed by atoms with Crippen molar-refractivity contribution in [3.8, 4) is 17.2 Å². The van der Waals surface area contributed by atoms with E-state index < -0.39 is 6.04 Å². The number of anilines is 1. The van der Waals surface area contributed by atoms with Gasteiger partial charge in [-0.25, -0.2) is 0 Å². The highest BCUT2D eigenvalue weighted by Gasteiger charge is 2.42. The number of ether oxygens (including phenoxy) is 3. The molecule has 2 heterocycles. The van der Waals surface area contributed by atoms with Crippen LogP contribution in [0, 0.1) is 0 Å². The highest BCUT2D eigenvalue weighted by molar-refractivity contribution is 5.96. The average Bonchev–Trinajstić information content (AvgIpc) is 2.96. The molecule has 0 aromatic heterocycles. The number of rotatable bonds is 4. The van der Waals surface area contributed by atoms with Gasteiger partial charge in [0, 0.05) is 29.7 Å². The Morgan fingerprint density at radius 1 is 1.19 bits per heavy atom. The van der Waals surface area contributed by atoms with E-state index in [1.807, 2.05) is 31.2 Å². The topological polar surface area (TPSA) is 56.8 Å². The minimum absolute atomic E-state index is 0.0648. The molecule has 0 fully saturated rings. The first-order valence-electron chi connectivity index (χ1n) is 8.79. The Kier molecular flexibility index (Phi) is 3.98. The van der Waals surface area contributed by atoms with Gasteiger partial charge in [-0.2, -0.15) is 4.39 Å². The zero-order chi connectivity index (χ0) is 18.3. The number of hydrogen-bond acceptors (Lipinski definition) is 4. The number of para-hydroxylation sites is 1. The second kappa shape index (κ2) is 6.20. The molecule has 0 radical (unpaired) electrons. The Hall–Kier alpha value is -2.76. The largest absolute Gasteiger partial charge is 0.494 e. The first-order valence-corrected chi connectivity index (χ1v) is 8.79. The molecule has 1 N–H and O–H groups in total. The summed E-state index contributed by atoms with van der Waals surface area (Å²) in [6.45, 7) is 4.10. The maximum Gasteiger partial charge on any atom is 0.407 e. The molecule has 5 nitrogen and oxygen atoms in total. The first kappa shape index (κ1) is 16.7. The van der Waals surface area contributed by atoms with Crippen LogP contribution >= 0.6 is 0 Å². The van der Waals surface area contributed by atoms with Crippen LogP contribution in [0.1, 0.15) is 43.7 Å². The van der Waals surface area contributed by atoms with Gasteiger partial charge in [-0.15, -0.1) is 0 Å². The number of halogens is 1. The molecule has 2 aromatic carbocycles. The molecule has 26 heavy (non-hydrogen) atoms. The molecule has 4 rings (SSSR count). The van der Waals surface area contributed by atoms with Crippen LogP contribution in [0.5, 0.6) is 17.2 Å². The summed E-state index contributed by atoms with van der Waals surface area (Å²) >= 11 is 0. The third-order valence-corrected chi connectivity index (χ3v) is 4.70. The number of amides is 1. The number of alkyl halides is 1. The Balaban J connectivity index is 1.80. The summed E-state index contributed by atoms with van der Waals surface area (Å²) in [6.07, 6.45) is 0.348. The predicted molar refractivity (Wildman–Crippen MR) is 94.5 cm³/mol. The molecule has 0 saturated heterocycles. The number of fused-ring (bicyclic) bond motifs is 2. The number of carbonyl (C=O) groups excluding carboxylic acids is 1. The molecule has 2 atom stereocenters. The lowest BCUT2D eigenvalue weighted by molar-refractivity contribution is -0.191. The van der Waals surface area contributed by atoms with E-state index >= 15 is 0 Å². The van der Waals surface area contributed by atoms with Gasteiger partial charge in [0.05, 0.1) is 13.0 Å². The van der Waals surface area contributed by atoms with Gasteiger partial charge in [-0.1, -0.05) is 25.1 Å². The van der Waals surface area contributed by atoms with Crippen LogP contribution in [-0.4, -0.2) is 18.6 Å². The van der Waals surface area contributed by atoms with Crippen LogP contribution in [0.25, 0.3) is 0 Å². The van der Waals surface area contributed by atoms with Gasteiger partial charge in [0.1, 0.15) is 5.75 Å². The fraction of sp³-hybridized carbons (Fsp3) is 0.350. The molecule has 0 bridgehead atoms. The maximum absolute atomic E-state index is 14.4. The average molecular weight is 357 g/mol. The molecule has 6 heteroatoms. The van der Waals surface area contributed by atoms with E-state index in [9.17, 15) is 9.18 Å². The number of hydrogen-bond donors (Lipinski definition) is 1. The van der Waals surface area contributed by atoms with Gasteiger partial charge in [-0.05, 0) is 24.6 Å². The fourth-order valence-corrected chi connectivity index (χ4v) is 3.45. The van der Waals surface area contributed by atoms with Crippen molar-refractivity contribution in [1.82, 2.24) is 0 Å². The molecule has 2 aliphatic rings. The lowest BCUT2D eigenvalue weighted by atomic mass is 9.84. The van der Waals surface area contributed by atoms with Gasteiger partial charge in [0.25, 0.3) is 0 Å². The zero-order valence-corrected chi connectivity index (χ0v) is 14.7. The Labute approximate surface area is 151 Å². The van der Waals surface area contributed by atoms with Crippen molar-refractivity contribution in [2.45, 2.75) is 38.6 Å². The molecule has 2 aliphatic heterocycles. The number of nitrogens with one attached hydrogen (secondary N) is 1. The molecule has 0 aliphatic carbocycles. The Morgan fingerprint density at radius 3 is 2.65 bits per heavy atom. The summed E-state index contributed by atoms with van der Waals surface area (Å²) in [4.78, 5) is 12.3. The minimum atomic E-state index is -2.16. The van der Waals surface area contributed by atoms with Crippen molar-refractivity contribution >= 4 is 11.6 Å². The molecular weight excluding hydrogens is 337 g/mol. The van der Waals surface area contributed by atoms with E-state index in [1.165, 1.54) is 0 Å². The summed E-state index contributed by atoms with van der Waals surface area (Å²) in [6, 6.07) is 8.89. The fourth-order valence-electron chi connectivity index (χ4n) is 3.45. The van der Waals surface area contributed by atoms with E-state index in [1.54, 1.807) is 19.1 Å². The summed E-state index contributed by atoms with van der Waals surface area (Å²) in [7, 11) is 0. The van der Waals surface area contributed by atoms with Crippen molar-refractivity contribution in [2.75, 3.05) is 11.9 Å². The lowest BCUT2D eigenvalue weighted by Crippen LogP contribution is -2.31. The summed E-state index contributed by atoms with van der Waals surface area (Å²) < 4.78 is 30.8. The van der Waals surface area contributed by atoms with Crippen LogP contribution in [-0.2, 0) is 4.79 Å².